The normalized spacial score (nSPS) is 23.7. The van der Waals surface area contributed by atoms with Crippen LogP contribution in [0.5, 0.6) is 0 Å². The smallest absolute Gasteiger partial charge is 0.242 e. The highest BCUT2D eigenvalue weighted by Gasteiger charge is 2.31. The highest BCUT2D eigenvalue weighted by molar-refractivity contribution is 5.80. The SMILES string of the molecule is C=CNCC(=O)N1CCC[C@H]1C(=C)NCC(=O)N1CCC[C@H]1C. The van der Waals surface area contributed by atoms with Gasteiger partial charge in [0.1, 0.15) is 0 Å². The first-order chi connectivity index (χ1) is 11.0. The van der Waals surface area contributed by atoms with Gasteiger partial charge in [0, 0.05) is 24.8 Å². The highest BCUT2D eigenvalue weighted by Crippen LogP contribution is 2.22. The first-order valence-electron chi connectivity index (χ1n) is 8.40. The number of nitrogens with zero attached hydrogens (tertiary/aromatic N) is 2. The molecule has 0 saturated carbocycles. The third-order valence-electron chi connectivity index (χ3n) is 4.71. The summed E-state index contributed by atoms with van der Waals surface area (Å²) in [6.07, 6.45) is 5.52. The summed E-state index contributed by atoms with van der Waals surface area (Å²) in [5, 5.41) is 5.98. The third-order valence-corrected chi connectivity index (χ3v) is 4.71. The van der Waals surface area contributed by atoms with E-state index in [9.17, 15) is 9.59 Å². The molecule has 0 radical (unpaired) electrons. The van der Waals surface area contributed by atoms with Crippen LogP contribution >= 0.6 is 0 Å². The molecular formula is C17H28N4O2. The molecule has 0 aromatic carbocycles. The van der Waals surface area contributed by atoms with Crippen molar-refractivity contribution in [3.05, 3.63) is 25.1 Å². The molecule has 2 rings (SSSR count). The first kappa shape index (κ1) is 17.4. The Kier molecular flexibility index (Phi) is 6.07. The molecule has 0 spiro atoms. The molecule has 2 aliphatic rings. The van der Waals surface area contributed by atoms with E-state index in [1.54, 1.807) is 0 Å². The van der Waals surface area contributed by atoms with E-state index >= 15 is 0 Å². The van der Waals surface area contributed by atoms with Crippen LogP contribution in [0.1, 0.15) is 32.6 Å². The summed E-state index contributed by atoms with van der Waals surface area (Å²) in [5.74, 6) is 0.148. The van der Waals surface area contributed by atoms with Crippen LogP contribution in [0.25, 0.3) is 0 Å². The molecule has 0 bridgehead atoms. The van der Waals surface area contributed by atoms with Crippen LogP contribution in [0.15, 0.2) is 25.1 Å². The van der Waals surface area contributed by atoms with E-state index in [1.807, 2.05) is 9.80 Å². The van der Waals surface area contributed by atoms with Gasteiger partial charge in [-0.3, -0.25) is 9.59 Å². The van der Waals surface area contributed by atoms with Gasteiger partial charge in [0.15, 0.2) is 0 Å². The fourth-order valence-electron chi connectivity index (χ4n) is 3.40. The Hall–Kier alpha value is -1.98. The second-order valence-corrected chi connectivity index (χ2v) is 6.29. The number of amides is 2. The third kappa shape index (κ3) is 4.27. The molecule has 0 aromatic rings. The molecule has 2 saturated heterocycles. The minimum atomic E-state index is -0.0297. The van der Waals surface area contributed by atoms with Crippen molar-refractivity contribution in [1.29, 1.82) is 0 Å². The van der Waals surface area contributed by atoms with Crippen molar-refractivity contribution >= 4 is 11.8 Å². The first-order valence-corrected chi connectivity index (χ1v) is 8.40. The van der Waals surface area contributed by atoms with E-state index < -0.39 is 0 Å². The lowest BCUT2D eigenvalue weighted by atomic mass is 10.1. The van der Waals surface area contributed by atoms with Gasteiger partial charge in [0.25, 0.3) is 0 Å². The van der Waals surface area contributed by atoms with Crippen LogP contribution in [-0.2, 0) is 9.59 Å². The number of nitrogens with one attached hydrogen (secondary N) is 2. The van der Waals surface area contributed by atoms with E-state index in [-0.39, 0.29) is 30.9 Å². The van der Waals surface area contributed by atoms with Crippen LogP contribution < -0.4 is 10.6 Å². The Labute approximate surface area is 138 Å². The number of rotatable bonds is 7. The molecule has 2 N–H and O–H groups in total. The molecule has 0 aromatic heterocycles. The fraction of sp³-hybridized carbons (Fsp3) is 0.647. The summed E-state index contributed by atoms with van der Waals surface area (Å²) >= 11 is 0. The van der Waals surface area contributed by atoms with Crippen LogP contribution in [0.3, 0.4) is 0 Å². The van der Waals surface area contributed by atoms with Gasteiger partial charge in [-0.1, -0.05) is 13.2 Å². The maximum absolute atomic E-state index is 12.3. The second-order valence-electron chi connectivity index (χ2n) is 6.29. The van der Waals surface area contributed by atoms with Crippen LogP contribution in [-0.4, -0.2) is 59.9 Å². The molecule has 2 amide bonds. The molecule has 23 heavy (non-hydrogen) atoms. The van der Waals surface area contributed by atoms with Crippen molar-refractivity contribution in [3.8, 4) is 0 Å². The predicted molar refractivity (Wildman–Crippen MR) is 90.5 cm³/mol. The van der Waals surface area contributed by atoms with Gasteiger partial charge in [-0.05, 0) is 38.8 Å². The molecule has 2 heterocycles. The molecule has 2 fully saturated rings. The van der Waals surface area contributed by atoms with Gasteiger partial charge in [-0.15, -0.1) is 0 Å². The van der Waals surface area contributed by atoms with Crippen molar-refractivity contribution in [2.24, 2.45) is 0 Å². The summed E-state index contributed by atoms with van der Waals surface area (Å²) in [5.41, 5.74) is 0.759. The molecule has 6 heteroatoms. The van der Waals surface area contributed by atoms with Crippen LogP contribution in [0.4, 0.5) is 0 Å². The Bertz CT molecular complexity index is 477. The minimum absolute atomic E-state index is 0.0297. The zero-order valence-corrected chi connectivity index (χ0v) is 14.0. The fourth-order valence-corrected chi connectivity index (χ4v) is 3.40. The summed E-state index contributed by atoms with van der Waals surface area (Å²) in [4.78, 5) is 28.2. The average Bonchev–Trinajstić information content (AvgIpc) is 3.18. The zero-order chi connectivity index (χ0) is 16.8. The van der Waals surface area contributed by atoms with Crippen molar-refractivity contribution in [2.45, 2.75) is 44.7 Å². The molecule has 2 atom stereocenters. The quantitative estimate of drug-likeness (QED) is 0.729. The lowest BCUT2D eigenvalue weighted by Crippen LogP contribution is -2.45. The number of hydrogen-bond acceptors (Lipinski definition) is 4. The Morgan fingerprint density at radius 1 is 1.13 bits per heavy atom. The monoisotopic (exact) mass is 320 g/mol. The predicted octanol–water partition coefficient (Wildman–Crippen LogP) is 0.825. The van der Waals surface area contributed by atoms with E-state index in [4.69, 9.17) is 0 Å². The van der Waals surface area contributed by atoms with Gasteiger partial charge < -0.3 is 20.4 Å². The topological polar surface area (TPSA) is 64.7 Å². The summed E-state index contributed by atoms with van der Waals surface area (Å²) in [7, 11) is 0. The van der Waals surface area contributed by atoms with E-state index in [2.05, 4.69) is 30.7 Å². The lowest BCUT2D eigenvalue weighted by Gasteiger charge is -2.28. The van der Waals surface area contributed by atoms with Crippen molar-refractivity contribution in [1.82, 2.24) is 20.4 Å². The van der Waals surface area contributed by atoms with Crippen molar-refractivity contribution in [2.75, 3.05) is 26.2 Å². The molecule has 0 unspecified atom stereocenters. The molecule has 128 valence electrons. The Balaban J connectivity index is 1.83. The average molecular weight is 320 g/mol. The second kappa shape index (κ2) is 8.04. The van der Waals surface area contributed by atoms with Crippen molar-refractivity contribution in [3.63, 3.8) is 0 Å². The van der Waals surface area contributed by atoms with Gasteiger partial charge in [-0.2, -0.15) is 0 Å². The maximum atomic E-state index is 12.3. The van der Waals surface area contributed by atoms with E-state index in [1.165, 1.54) is 6.20 Å². The summed E-state index contributed by atoms with van der Waals surface area (Å²) in [6, 6.07) is 0.296. The molecule has 2 aliphatic heterocycles. The number of carbonyl (C=O) groups excluding carboxylic acids is 2. The van der Waals surface area contributed by atoms with Gasteiger partial charge in [-0.25, -0.2) is 0 Å². The van der Waals surface area contributed by atoms with Gasteiger partial charge in [0.05, 0.1) is 19.1 Å². The molecule has 6 nitrogen and oxygen atoms in total. The highest BCUT2D eigenvalue weighted by atomic mass is 16.2. The van der Waals surface area contributed by atoms with E-state index in [0.717, 1.165) is 44.5 Å². The van der Waals surface area contributed by atoms with Crippen molar-refractivity contribution < 1.29 is 9.59 Å². The largest absolute Gasteiger partial charge is 0.383 e. The number of carbonyl (C=O) groups is 2. The Morgan fingerprint density at radius 2 is 1.78 bits per heavy atom. The molecule has 0 aliphatic carbocycles. The maximum Gasteiger partial charge on any atom is 0.242 e. The Morgan fingerprint density at radius 3 is 2.43 bits per heavy atom. The summed E-state index contributed by atoms with van der Waals surface area (Å²) < 4.78 is 0. The zero-order valence-electron chi connectivity index (χ0n) is 14.0. The number of likely N-dealkylation sites (tertiary alicyclic amines) is 2. The van der Waals surface area contributed by atoms with Gasteiger partial charge >= 0.3 is 0 Å². The van der Waals surface area contributed by atoms with E-state index in [0.29, 0.717) is 6.04 Å². The van der Waals surface area contributed by atoms with Crippen LogP contribution in [0.2, 0.25) is 0 Å². The van der Waals surface area contributed by atoms with Gasteiger partial charge in [0.2, 0.25) is 11.8 Å². The molecular weight excluding hydrogens is 292 g/mol. The van der Waals surface area contributed by atoms with Crippen LogP contribution in [0, 0.1) is 0 Å². The lowest BCUT2D eigenvalue weighted by molar-refractivity contribution is -0.130. The standard InChI is InChI=1S/C17H28N4O2/c1-4-18-11-16(22)21-10-6-8-15(21)14(3)19-12-17(23)20-9-5-7-13(20)2/h4,13,15,18-19H,1,3,5-12H2,2H3/t13-,15+/m1/s1. The number of hydrogen-bond donors (Lipinski definition) is 2. The minimum Gasteiger partial charge on any atom is -0.383 e. The summed E-state index contributed by atoms with van der Waals surface area (Å²) in [6.45, 7) is 11.8.